The Labute approximate surface area is 102 Å². The van der Waals surface area contributed by atoms with E-state index in [0.717, 1.165) is 17.9 Å². The minimum absolute atomic E-state index is 0.0338. The molecule has 1 unspecified atom stereocenters. The zero-order valence-corrected chi connectivity index (χ0v) is 10.2. The smallest absolute Gasteiger partial charge is 0.119 e. The molecule has 3 heteroatoms. The molecule has 90 valence electrons. The molecule has 0 saturated carbocycles. The number of benzene rings is 2. The zero-order valence-electron chi connectivity index (χ0n) is 10.2. The Morgan fingerprint density at radius 2 is 1.88 bits per heavy atom. The largest absolute Gasteiger partial charge is 0.497 e. The molecule has 0 saturated heterocycles. The molecule has 3 N–H and O–H groups in total. The second kappa shape index (κ2) is 5.17. The van der Waals surface area contributed by atoms with E-state index in [2.05, 4.69) is 29.6 Å². The first kappa shape index (κ1) is 11.9. The maximum absolute atomic E-state index is 6.07. The summed E-state index contributed by atoms with van der Waals surface area (Å²) in [5.41, 5.74) is 7.22. The molecule has 2 rings (SSSR count). The normalized spacial score (nSPS) is 12.6. The van der Waals surface area contributed by atoms with Gasteiger partial charge in [0.05, 0.1) is 7.11 Å². The molecular weight excluding hydrogens is 212 g/mol. The molecule has 0 radical (unpaired) electrons. The predicted molar refractivity (Wildman–Crippen MR) is 71.4 cm³/mol. The summed E-state index contributed by atoms with van der Waals surface area (Å²) in [7, 11) is 3.59. The molecule has 0 aromatic heterocycles. The lowest BCUT2D eigenvalue weighted by molar-refractivity contribution is 0.415. The van der Waals surface area contributed by atoms with Gasteiger partial charge in [-0.05, 0) is 41.6 Å². The molecule has 0 aliphatic carbocycles. The topological polar surface area (TPSA) is 47.3 Å². The van der Waals surface area contributed by atoms with Gasteiger partial charge in [0.2, 0.25) is 0 Å². The first-order valence-electron chi connectivity index (χ1n) is 5.72. The molecule has 0 amide bonds. The summed E-state index contributed by atoms with van der Waals surface area (Å²) < 4.78 is 5.20. The summed E-state index contributed by atoms with van der Waals surface area (Å²) in [5, 5.41) is 5.45. The Bertz CT molecular complexity index is 511. The van der Waals surface area contributed by atoms with Crippen molar-refractivity contribution in [3.8, 4) is 5.75 Å². The van der Waals surface area contributed by atoms with Crippen molar-refractivity contribution in [2.45, 2.75) is 6.04 Å². The van der Waals surface area contributed by atoms with Crippen LogP contribution in [0, 0.1) is 0 Å². The van der Waals surface area contributed by atoms with Gasteiger partial charge in [-0.1, -0.05) is 18.2 Å². The number of methoxy groups -OCH3 is 1. The number of rotatable bonds is 4. The van der Waals surface area contributed by atoms with Crippen molar-refractivity contribution in [2.24, 2.45) is 5.73 Å². The molecule has 3 nitrogen and oxygen atoms in total. The monoisotopic (exact) mass is 230 g/mol. The van der Waals surface area contributed by atoms with Crippen LogP contribution in [0.4, 0.5) is 0 Å². The van der Waals surface area contributed by atoms with E-state index in [0.29, 0.717) is 0 Å². The van der Waals surface area contributed by atoms with Crippen molar-refractivity contribution in [1.82, 2.24) is 5.32 Å². The Morgan fingerprint density at radius 1 is 1.18 bits per heavy atom. The number of nitrogens with one attached hydrogen (secondary N) is 1. The third-order valence-electron chi connectivity index (χ3n) is 2.92. The number of likely N-dealkylation sites (N-methyl/N-ethyl adjacent to an activating group) is 1. The van der Waals surface area contributed by atoms with Gasteiger partial charge in [0.1, 0.15) is 5.75 Å². The van der Waals surface area contributed by atoms with Crippen LogP contribution in [0.5, 0.6) is 5.75 Å². The molecule has 0 aliphatic rings. The van der Waals surface area contributed by atoms with Crippen molar-refractivity contribution in [2.75, 3.05) is 20.7 Å². The van der Waals surface area contributed by atoms with E-state index in [1.807, 2.05) is 19.2 Å². The third kappa shape index (κ3) is 2.57. The van der Waals surface area contributed by atoms with Gasteiger partial charge in [-0.15, -0.1) is 0 Å². The molecule has 17 heavy (non-hydrogen) atoms. The minimum atomic E-state index is 0.0338. The van der Waals surface area contributed by atoms with E-state index in [1.54, 1.807) is 7.11 Å². The van der Waals surface area contributed by atoms with Gasteiger partial charge in [-0.2, -0.15) is 0 Å². The maximum Gasteiger partial charge on any atom is 0.119 e. The van der Waals surface area contributed by atoms with E-state index < -0.39 is 0 Å². The molecule has 0 fully saturated rings. The lowest BCUT2D eigenvalue weighted by Crippen LogP contribution is -2.23. The van der Waals surface area contributed by atoms with Crippen LogP contribution in [0.3, 0.4) is 0 Å². The van der Waals surface area contributed by atoms with Gasteiger partial charge in [0.15, 0.2) is 0 Å². The van der Waals surface area contributed by atoms with Gasteiger partial charge in [0.25, 0.3) is 0 Å². The van der Waals surface area contributed by atoms with E-state index >= 15 is 0 Å². The Hall–Kier alpha value is -1.58. The SMILES string of the molecule is CNCC(N)c1ccc2cc(OC)ccc2c1. The summed E-state index contributed by atoms with van der Waals surface area (Å²) in [6.07, 6.45) is 0. The van der Waals surface area contributed by atoms with Crippen LogP contribution in [0.15, 0.2) is 36.4 Å². The summed E-state index contributed by atoms with van der Waals surface area (Å²) in [5.74, 6) is 0.879. The zero-order chi connectivity index (χ0) is 12.3. The number of ether oxygens (including phenoxy) is 1. The Morgan fingerprint density at radius 3 is 2.59 bits per heavy atom. The van der Waals surface area contributed by atoms with Crippen molar-refractivity contribution in [3.05, 3.63) is 42.0 Å². The summed E-state index contributed by atoms with van der Waals surface area (Å²) >= 11 is 0. The van der Waals surface area contributed by atoms with Gasteiger partial charge in [-0.25, -0.2) is 0 Å². The highest BCUT2D eigenvalue weighted by Crippen LogP contribution is 2.23. The molecule has 0 spiro atoms. The molecule has 2 aromatic rings. The van der Waals surface area contributed by atoms with Crippen LogP contribution < -0.4 is 15.8 Å². The highest BCUT2D eigenvalue weighted by Gasteiger charge is 2.05. The van der Waals surface area contributed by atoms with E-state index in [1.165, 1.54) is 10.8 Å². The lowest BCUT2D eigenvalue weighted by atomic mass is 10.0. The lowest BCUT2D eigenvalue weighted by Gasteiger charge is -2.12. The van der Waals surface area contributed by atoms with E-state index in [-0.39, 0.29) is 6.04 Å². The Kier molecular flexibility index (Phi) is 3.61. The minimum Gasteiger partial charge on any atom is -0.497 e. The van der Waals surface area contributed by atoms with Crippen LogP contribution in [0.25, 0.3) is 10.8 Å². The van der Waals surface area contributed by atoms with Gasteiger partial charge < -0.3 is 15.8 Å². The molecule has 0 aliphatic heterocycles. The van der Waals surface area contributed by atoms with Crippen molar-refractivity contribution in [1.29, 1.82) is 0 Å². The third-order valence-corrected chi connectivity index (χ3v) is 2.92. The Balaban J connectivity index is 2.37. The van der Waals surface area contributed by atoms with Crippen LogP contribution in [0.1, 0.15) is 11.6 Å². The molecule has 1 atom stereocenters. The predicted octanol–water partition coefficient (Wildman–Crippen LogP) is 2.07. The van der Waals surface area contributed by atoms with Crippen LogP contribution >= 0.6 is 0 Å². The second-order valence-corrected chi connectivity index (χ2v) is 4.14. The highest BCUT2D eigenvalue weighted by atomic mass is 16.5. The van der Waals surface area contributed by atoms with Gasteiger partial charge >= 0.3 is 0 Å². The van der Waals surface area contributed by atoms with Crippen molar-refractivity contribution in [3.63, 3.8) is 0 Å². The number of fused-ring (bicyclic) bond motifs is 1. The average molecular weight is 230 g/mol. The quantitative estimate of drug-likeness (QED) is 0.845. The molecular formula is C14H18N2O. The van der Waals surface area contributed by atoms with Crippen molar-refractivity contribution < 1.29 is 4.74 Å². The molecule has 2 aromatic carbocycles. The number of hydrogen-bond acceptors (Lipinski definition) is 3. The van der Waals surface area contributed by atoms with E-state index in [9.17, 15) is 0 Å². The number of hydrogen-bond donors (Lipinski definition) is 2. The maximum atomic E-state index is 6.07. The molecule has 0 bridgehead atoms. The highest BCUT2D eigenvalue weighted by molar-refractivity contribution is 5.84. The van der Waals surface area contributed by atoms with Crippen LogP contribution in [-0.2, 0) is 0 Å². The number of nitrogens with two attached hydrogens (primary N) is 1. The fourth-order valence-electron chi connectivity index (χ4n) is 1.94. The first-order chi connectivity index (χ1) is 8.24. The first-order valence-corrected chi connectivity index (χ1v) is 5.72. The summed E-state index contributed by atoms with van der Waals surface area (Å²) in [4.78, 5) is 0. The summed E-state index contributed by atoms with van der Waals surface area (Å²) in [6, 6.07) is 12.4. The average Bonchev–Trinajstić information content (AvgIpc) is 2.37. The summed E-state index contributed by atoms with van der Waals surface area (Å²) in [6.45, 7) is 0.779. The second-order valence-electron chi connectivity index (χ2n) is 4.14. The van der Waals surface area contributed by atoms with E-state index in [4.69, 9.17) is 10.5 Å². The fraction of sp³-hybridized carbons (Fsp3) is 0.286. The fourth-order valence-corrected chi connectivity index (χ4v) is 1.94. The van der Waals surface area contributed by atoms with Gasteiger partial charge in [0, 0.05) is 12.6 Å². The van der Waals surface area contributed by atoms with Crippen LogP contribution in [0.2, 0.25) is 0 Å². The van der Waals surface area contributed by atoms with Crippen LogP contribution in [-0.4, -0.2) is 20.7 Å². The standard InChI is InChI=1S/C14H18N2O/c1-16-9-14(15)12-4-3-11-8-13(17-2)6-5-10(11)7-12/h3-8,14,16H,9,15H2,1-2H3. The van der Waals surface area contributed by atoms with Gasteiger partial charge in [-0.3, -0.25) is 0 Å². The molecule has 0 heterocycles. The van der Waals surface area contributed by atoms with Crippen molar-refractivity contribution >= 4 is 10.8 Å².